The first-order chi connectivity index (χ1) is 13.2. The van der Waals surface area contributed by atoms with Crippen LogP contribution in [-0.2, 0) is 11.8 Å². The fourth-order valence-electron chi connectivity index (χ4n) is 4.15. The Balaban J connectivity index is 1.35. The van der Waals surface area contributed by atoms with Gasteiger partial charge in [-0.1, -0.05) is 18.2 Å². The van der Waals surface area contributed by atoms with E-state index >= 15 is 0 Å². The smallest absolute Gasteiger partial charge is 0.248 e. The first-order valence-corrected chi connectivity index (χ1v) is 9.06. The number of aryl methyl sites for hydroxylation is 1. The molecule has 0 saturated heterocycles. The number of hydrogen-bond donors (Lipinski definition) is 0. The van der Waals surface area contributed by atoms with E-state index in [9.17, 15) is 0 Å². The van der Waals surface area contributed by atoms with Crippen molar-refractivity contribution in [3.05, 3.63) is 71.2 Å². The molecule has 2 unspecified atom stereocenters. The third-order valence-corrected chi connectivity index (χ3v) is 5.47. The topological polar surface area (TPSA) is 53.2 Å². The molecule has 5 nitrogen and oxygen atoms in total. The van der Waals surface area contributed by atoms with E-state index in [0.29, 0.717) is 18.8 Å². The van der Waals surface area contributed by atoms with Gasteiger partial charge in [0.15, 0.2) is 11.5 Å². The summed E-state index contributed by atoms with van der Waals surface area (Å²) in [7, 11) is 0. The minimum Gasteiger partial charge on any atom is -0.491 e. The Morgan fingerprint density at radius 1 is 1.00 bits per heavy atom. The van der Waals surface area contributed by atoms with Crippen molar-refractivity contribution in [2.75, 3.05) is 6.61 Å². The van der Waals surface area contributed by atoms with E-state index in [1.807, 2.05) is 55.6 Å². The normalized spacial score (nSPS) is 23.5. The number of nitrogens with zero attached hydrogens (tertiary/aromatic N) is 1. The standard InChI is InChI=1S/C22H17NO4/c1-13-6-7-14(25-13)8-21-26-19-9-16-18(10-20(19)27-21)24-12-22(16)11-23-17-5-3-2-4-15(17)22/h2-7,9-11,21H,8,12H2,1H3. The van der Waals surface area contributed by atoms with Crippen molar-refractivity contribution >= 4 is 11.9 Å². The van der Waals surface area contributed by atoms with Crippen molar-refractivity contribution in [1.29, 1.82) is 0 Å². The van der Waals surface area contributed by atoms with Crippen molar-refractivity contribution in [3.63, 3.8) is 0 Å². The molecule has 134 valence electrons. The molecule has 0 N–H and O–H groups in total. The first kappa shape index (κ1) is 14.9. The minimum absolute atomic E-state index is 0.347. The number of hydrogen-bond acceptors (Lipinski definition) is 5. The van der Waals surface area contributed by atoms with Crippen LogP contribution in [0.25, 0.3) is 0 Å². The van der Waals surface area contributed by atoms with E-state index in [-0.39, 0.29) is 5.41 Å². The number of aliphatic imine (C=N–C) groups is 1. The van der Waals surface area contributed by atoms with Crippen molar-refractivity contribution in [2.45, 2.75) is 25.0 Å². The summed E-state index contributed by atoms with van der Waals surface area (Å²) in [5.41, 5.74) is 2.90. The third-order valence-electron chi connectivity index (χ3n) is 5.47. The molecule has 0 bridgehead atoms. The lowest BCUT2D eigenvalue weighted by Crippen LogP contribution is -2.28. The van der Waals surface area contributed by atoms with Crippen molar-refractivity contribution < 1.29 is 18.6 Å². The average molecular weight is 359 g/mol. The summed E-state index contributed by atoms with van der Waals surface area (Å²) in [6, 6.07) is 16.1. The van der Waals surface area contributed by atoms with Gasteiger partial charge in [-0.2, -0.15) is 0 Å². The van der Waals surface area contributed by atoms with Gasteiger partial charge in [0.25, 0.3) is 0 Å². The molecule has 2 aromatic carbocycles. The molecule has 3 aliphatic rings. The molecule has 5 heteroatoms. The SMILES string of the molecule is Cc1ccc(CC2Oc3cc4c(cc3O2)C2(C=Nc3ccccc32)CO4)o1. The quantitative estimate of drug-likeness (QED) is 0.684. The summed E-state index contributed by atoms with van der Waals surface area (Å²) in [6.45, 7) is 2.47. The van der Waals surface area contributed by atoms with Crippen LogP contribution >= 0.6 is 0 Å². The molecule has 27 heavy (non-hydrogen) atoms. The zero-order valence-electron chi connectivity index (χ0n) is 14.8. The maximum Gasteiger partial charge on any atom is 0.248 e. The van der Waals surface area contributed by atoms with Crippen LogP contribution in [0.4, 0.5) is 5.69 Å². The number of para-hydroxylation sites is 1. The van der Waals surface area contributed by atoms with Gasteiger partial charge in [0.1, 0.15) is 23.9 Å². The molecule has 0 radical (unpaired) electrons. The average Bonchev–Trinajstić information content (AvgIpc) is 3.42. The van der Waals surface area contributed by atoms with E-state index in [1.165, 1.54) is 5.56 Å². The van der Waals surface area contributed by atoms with Gasteiger partial charge in [0.05, 0.1) is 17.5 Å². The van der Waals surface area contributed by atoms with Gasteiger partial charge in [0.2, 0.25) is 6.29 Å². The minimum atomic E-state index is -0.395. The summed E-state index contributed by atoms with van der Waals surface area (Å²) in [4.78, 5) is 4.61. The molecular weight excluding hydrogens is 342 g/mol. The van der Waals surface area contributed by atoms with E-state index in [2.05, 4.69) is 11.1 Å². The van der Waals surface area contributed by atoms with Gasteiger partial charge in [-0.05, 0) is 36.8 Å². The highest BCUT2D eigenvalue weighted by Crippen LogP contribution is 2.52. The summed E-state index contributed by atoms with van der Waals surface area (Å²) >= 11 is 0. The van der Waals surface area contributed by atoms with Gasteiger partial charge in [-0.25, -0.2) is 0 Å². The van der Waals surface area contributed by atoms with E-state index in [0.717, 1.165) is 34.3 Å². The predicted octanol–water partition coefficient (Wildman–Crippen LogP) is 4.32. The molecule has 0 fully saturated rings. The largest absolute Gasteiger partial charge is 0.491 e. The Kier molecular flexibility index (Phi) is 2.85. The first-order valence-electron chi connectivity index (χ1n) is 9.06. The Bertz CT molecular complexity index is 1100. The highest BCUT2D eigenvalue weighted by molar-refractivity contribution is 5.91. The molecular formula is C22H17NO4. The van der Waals surface area contributed by atoms with Crippen LogP contribution in [-0.4, -0.2) is 19.1 Å². The van der Waals surface area contributed by atoms with E-state index in [4.69, 9.17) is 18.6 Å². The zero-order chi connectivity index (χ0) is 18.0. The summed E-state index contributed by atoms with van der Waals surface area (Å²) < 4.78 is 23.7. The molecule has 3 aromatic rings. The van der Waals surface area contributed by atoms with E-state index in [1.54, 1.807) is 0 Å². The monoisotopic (exact) mass is 359 g/mol. The fourth-order valence-corrected chi connectivity index (χ4v) is 4.15. The van der Waals surface area contributed by atoms with Crippen LogP contribution in [0.15, 0.2) is 57.9 Å². The molecule has 3 aliphatic heterocycles. The van der Waals surface area contributed by atoms with Crippen LogP contribution in [0.5, 0.6) is 17.2 Å². The lowest BCUT2D eigenvalue weighted by Gasteiger charge is -2.20. The third kappa shape index (κ3) is 2.08. The predicted molar refractivity (Wildman–Crippen MR) is 99.5 cm³/mol. The fraction of sp³-hybridized carbons (Fsp3) is 0.227. The van der Waals surface area contributed by atoms with Crippen molar-refractivity contribution in [1.82, 2.24) is 0 Å². The second-order valence-corrected chi connectivity index (χ2v) is 7.21. The van der Waals surface area contributed by atoms with Crippen LogP contribution < -0.4 is 14.2 Å². The van der Waals surface area contributed by atoms with Gasteiger partial charge in [-0.15, -0.1) is 0 Å². The number of furan rings is 1. The highest BCUT2D eigenvalue weighted by atomic mass is 16.7. The summed E-state index contributed by atoms with van der Waals surface area (Å²) in [5.74, 6) is 4.01. The van der Waals surface area contributed by atoms with Crippen LogP contribution in [0.1, 0.15) is 22.6 Å². The van der Waals surface area contributed by atoms with Gasteiger partial charge in [-0.3, -0.25) is 4.99 Å². The Hall–Kier alpha value is -3.21. The van der Waals surface area contributed by atoms with Gasteiger partial charge < -0.3 is 18.6 Å². The maximum absolute atomic E-state index is 6.05. The van der Waals surface area contributed by atoms with Crippen molar-refractivity contribution in [2.24, 2.45) is 4.99 Å². The Morgan fingerprint density at radius 3 is 2.70 bits per heavy atom. The molecule has 2 atom stereocenters. The molecule has 0 saturated carbocycles. The van der Waals surface area contributed by atoms with Crippen LogP contribution in [0, 0.1) is 6.92 Å². The number of benzene rings is 2. The van der Waals surface area contributed by atoms with Gasteiger partial charge >= 0.3 is 0 Å². The van der Waals surface area contributed by atoms with Crippen LogP contribution in [0.3, 0.4) is 0 Å². The number of ether oxygens (including phenoxy) is 3. The molecule has 0 aliphatic carbocycles. The Morgan fingerprint density at radius 2 is 1.85 bits per heavy atom. The molecule has 0 amide bonds. The number of fused-ring (bicyclic) bond motifs is 5. The molecule has 4 heterocycles. The highest BCUT2D eigenvalue weighted by Gasteiger charge is 2.46. The maximum atomic E-state index is 6.05. The summed E-state index contributed by atoms with van der Waals surface area (Å²) in [5, 5.41) is 0. The summed E-state index contributed by atoms with van der Waals surface area (Å²) in [6.07, 6.45) is 2.16. The van der Waals surface area contributed by atoms with Gasteiger partial charge in [0, 0.05) is 17.8 Å². The number of rotatable bonds is 2. The lowest BCUT2D eigenvalue weighted by molar-refractivity contribution is 0.0454. The molecule has 1 spiro atoms. The van der Waals surface area contributed by atoms with Crippen LogP contribution in [0.2, 0.25) is 0 Å². The second-order valence-electron chi connectivity index (χ2n) is 7.21. The Labute approximate surface area is 156 Å². The van der Waals surface area contributed by atoms with E-state index < -0.39 is 6.29 Å². The zero-order valence-corrected chi connectivity index (χ0v) is 14.8. The molecule has 6 rings (SSSR count). The van der Waals surface area contributed by atoms with Crippen molar-refractivity contribution in [3.8, 4) is 17.2 Å². The second kappa shape index (κ2) is 5.16. The lowest BCUT2D eigenvalue weighted by atomic mass is 9.78. The molecule has 1 aromatic heterocycles.